The maximum atomic E-state index is 10.8. The van der Waals surface area contributed by atoms with Crippen LogP contribution in [-0.4, -0.2) is 29.8 Å². The number of nitrogens with zero attached hydrogens (tertiary/aromatic N) is 2. The zero-order valence-corrected chi connectivity index (χ0v) is 16.3. The molecule has 0 saturated heterocycles. The third kappa shape index (κ3) is 4.15. The number of nitrogens with one attached hydrogen (secondary N) is 1. The van der Waals surface area contributed by atoms with Gasteiger partial charge in [0, 0.05) is 22.0 Å². The van der Waals surface area contributed by atoms with E-state index in [0.717, 1.165) is 33.5 Å². The number of amides is 1. The van der Waals surface area contributed by atoms with Crippen molar-refractivity contribution in [2.75, 3.05) is 19.0 Å². The van der Waals surface area contributed by atoms with Crippen LogP contribution in [0.15, 0.2) is 72.8 Å². The van der Waals surface area contributed by atoms with E-state index in [-0.39, 0.29) is 6.61 Å². The third-order valence-electron chi connectivity index (χ3n) is 4.55. The number of carbonyl (C=O) groups is 1. The summed E-state index contributed by atoms with van der Waals surface area (Å²) in [4.78, 5) is 10.8. The van der Waals surface area contributed by atoms with Gasteiger partial charge in [-0.1, -0.05) is 24.3 Å². The van der Waals surface area contributed by atoms with Gasteiger partial charge in [-0.05, 0) is 48.5 Å². The lowest BCUT2D eigenvalue weighted by molar-refractivity contribution is -0.119. The Hall–Kier alpha value is -4.13. The molecule has 0 aliphatic rings. The van der Waals surface area contributed by atoms with E-state index in [1.807, 2.05) is 60.7 Å². The average Bonchev–Trinajstić information content (AvgIpc) is 2.79. The van der Waals surface area contributed by atoms with Gasteiger partial charge in [0.05, 0.1) is 7.11 Å². The highest BCUT2D eigenvalue weighted by molar-refractivity contribution is 6.00. The number of anilines is 2. The maximum Gasteiger partial charge on any atom is 0.255 e. The Balaban J connectivity index is 1.63. The first-order chi connectivity index (χ1) is 14.6. The van der Waals surface area contributed by atoms with E-state index in [0.29, 0.717) is 11.6 Å². The molecule has 0 aliphatic heterocycles. The molecular formula is C23H20N4O3. The van der Waals surface area contributed by atoms with Crippen molar-refractivity contribution in [3.63, 3.8) is 0 Å². The lowest BCUT2D eigenvalue weighted by atomic mass is 10.0. The van der Waals surface area contributed by atoms with Crippen LogP contribution in [0.1, 0.15) is 0 Å². The van der Waals surface area contributed by atoms with Gasteiger partial charge in [0.1, 0.15) is 17.2 Å². The molecule has 1 amide bonds. The Kier molecular flexibility index (Phi) is 5.43. The van der Waals surface area contributed by atoms with E-state index in [9.17, 15) is 4.79 Å². The molecule has 0 spiro atoms. The van der Waals surface area contributed by atoms with Crippen LogP contribution in [0.3, 0.4) is 0 Å². The number of benzene rings is 3. The first kappa shape index (κ1) is 19.2. The molecule has 3 aromatic carbocycles. The van der Waals surface area contributed by atoms with Crippen LogP contribution in [0.25, 0.3) is 22.0 Å². The Morgan fingerprint density at radius 1 is 0.900 bits per heavy atom. The Labute approximate surface area is 173 Å². The molecule has 0 fully saturated rings. The Morgan fingerprint density at radius 2 is 1.57 bits per heavy atom. The topological polar surface area (TPSA) is 99.4 Å². The van der Waals surface area contributed by atoms with Crippen molar-refractivity contribution >= 4 is 28.2 Å². The summed E-state index contributed by atoms with van der Waals surface area (Å²) in [5.41, 5.74) is 7.67. The summed E-state index contributed by atoms with van der Waals surface area (Å²) in [5, 5.41) is 14.1. The molecule has 30 heavy (non-hydrogen) atoms. The van der Waals surface area contributed by atoms with Crippen LogP contribution >= 0.6 is 0 Å². The number of primary amides is 1. The summed E-state index contributed by atoms with van der Waals surface area (Å²) in [6.07, 6.45) is 0. The summed E-state index contributed by atoms with van der Waals surface area (Å²) < 4.78 is 10.5. The number of hydrogen-bond donors (Lipinski definition) is 2. The molecule has 0 saturated carbocycles. The number of carbonyl (C=O) groups excluding carboxylic acids is 1. The van der Waals surface area contributed by atoms with Crippen LogP contribution in [0.4, 0.5) is 11.5 Å². The zero-order valence-electron chi connectivity index (χ0n) is 16.3. The zero-order chi connectivity index (χ0) is 20.9. The molecule has 0 radical (unpaired) electrons. The van der Waals surface area contributed by atoms with Crippen molar-refractivity contribution in [1.29, 1.82) is 0 Å². The number of fused-ring (bicyclic) bond motifs is 1. The van der Waals surface area contributed by atoms with Crippen molar-refractivity contribution in [2.45, 2.75) is 0 Å². The van der Waals surface area contributed by atoms with Gasteiger partial charge >= 0.3 is 0 Å². The molecule has 1 aromatic heterocycles. The van der Waals surface area contributed by atoms with E-state index < -0.39 is 5.91 Å². The summed E-state index contributed by atoms with van der Waals surface area (Å²) in [6, 6.07) is 22.9. The molecule has 7 nitrogen and oxygen atoms in total. The first-order valence-corrected chi connectivity index (χ1v) is 9.32. The van der Waals surface area contributed by atoms with Crippen molar-refractivity contribution in [2.24, 2.45) is 5.73 Å². The van der Waals surface area contributed by atoms with Gasteiger partial charge in [0.25, 0.3) is 5.91 Å². The van der Waals surface area contributed by atoms with Crippen LogP contribution in [0.2, 0.25) is 0 Å². The molecular weight excluding hydrogens is 380 g/mol. The number of methoxy groups -OCH3 is 1. The number of aromatic nitrogens is 2. The molecule has 4 aromatic rings. The monoisotopic (exact) mass is 400 g/mol. The van der Waals surface area contributed by atoms with E-state index in [4.69, 9.17) is 15.2 Å². The van der Waals surface area contributed by atoms with E-state index >= 15 is 0 Å². The molecule has 7 heteroatoms. The van der Waals surface area contributed by atoms with Crippen LogP contribution < -0.4 is 20.5 Å². The minimum atomic E-state index is -0.518. The largest absolute Gasteiger partial charge is 0.497 e. The van der Waals surface area contributed by atoms with Crippen LogP contribution in [-0.2, 0) is 4.79 Å². The molecule has 3 N–H and O–H groups in total. The van der Waals surface area contributed by atoms with Crippen molar-refractivity contribution in [3.8, 4) is 22.8 Å². The second-order valence-electron chi connectivity index (χ2n) is 6.58. The van der Waals surface area contributed by atoms with Gasteiger partial charge in [-0.2, -0.15) is 0 Å². The standard InChI is InChI=1S/C23H20N4O3/c1-29-17-10-6-15(7-11-17)22-19-4-2-3-5-20(19)23(27-26-22)25-16-8-12-18(13-9-16)30-14-21(24)28/h2-13H,14H2,1H3,(H2,24,28)(H,25,27). The summed E-state index contributed by atoms with van der Waals surface area (Å²) in [7, 11) is 1.64. The SMILES string of the molecule is COc1ccc(-c2nnc(Nc3ccc(OCC(N)=O)cc3)c3ccccc23)cc1. The minimum Gasteiger partial charge on any atom is -0.497 e. The maximum absolute atomic E-state index is 10.8. The molecule has 0 bridgehead atoms. The molecule has 150 valence electrons. The predicted octanol–water partition coefficient (Wildman–Crippen LogP) is 3.91. The number of ether oxygens (including phenoxy) is 2. The normalized spacial score (nSPS) is 10.6. The lowest BCUT2D eigenvalue weighted by Gasteiger charge is -2.12. The number of nitrogens with two attached hydrogens (primary N) is 1. The summed E-state index contributed by atoms with van der Waals surface area (Å²) in [6.45, 7) is -0.157. The summed E-state index contributed by atoms with van der Waals surface area (Å²) >= 11 is 0. The molecule has 4 rings (SSSR count). The quantitative estimate of drug-likeness (QED) is 0.488. The average molecular weight is 400 g/mol. The highest BCUT2D eigenvalue weighted by atomic mass is 16.5. The van der Waals surface area contributed by atoms with Crippen molar-refractivity contribution in [3.05, 3.63) is 72.8 Å². The van der Waals surface area contributed by atoms with Gasteiger partial charge in [-0.25, -0.2) is 0 Å². The number of rotatable bonds is 7. The van der Waals surface area contributed by atoms with E-state index in [1.54, 1.807) is 19.2 Å². The molecule has 1 heterocycles. The fraction of sp³-hybridized carbons (Fsp3) is 0.0870. The lowest BCUT2D eigenvalue weighted by Crippen LogP contribution is -2.19. The highest BCUT2D eigenvalue weighted by Crippen LogP contribution is 2.32. The predicted molar refractivity (Wildman–Crippen MR) is 116 cm³/mol. The van der Waals surface area contributed by atoms with Gasteiger partial charge in [0.15, 0.2) is 12.4 Å². The van der Waals surface area contributed by atoms with Crippen molar-refractivity contribution in [1.82, 2.24) is 10.2 Å². The molecule has 0 aliphatic carbocycles. The Morgan fingerprint density at radius 3 is 2.23 bits per heavy atom. The Bertz CT molecular complexity index is 1180. The van der Waals surface area contributed by atoms with Gasteiger partial charge in [-0.3, -0.25) is 4.79 Å². The van der Waals surface area contributed by atoms with E-state index in [1.165, 1.54) is 0 Å². The fourth-order valence-corrected chi connectivity index (χ4v) is 3.08. The van der Waals surface area contributed by atoms with Gasteiger partial charge < -0.3 is 20.5 Å². The van der Waals surface area contributed by atoms with Crippen LogP contribution in [0.5, 0.6) is 11.5 Å². The van der Waals surface area contributed by atoms with E-state index in [2.05, 4.69) is 15.5 Å². The highest BCUT2D eigenvalue weighted by Gasteiger charge is 2.11. The summed E-state index contributed by atoms with van der Waals surface area (Å²) in [5.74, 6) is 1.48. The smallest absolute Gasteiger partial charge is 0.255 e. The first-order valence-electron chi connectivity index (χ1n) is 9.32. The molecule has 0 unspecified atom stereocenters. The third-order valence-corrected chi connectivity index (χ3v) is 4.55. The number of hydrogen-bond acceptors (Lipinski definition) is 6. The van der Waals surface area contributed by atoms with Gasteiger partial charge in [0.2, 0.25) is 0 Å². The second kappa shape index (κ2) is 8.48. The minimum absolute atomic E-state index is 0.157. The van der Waals surface area contributed by atoms with Crippen molar-refractivity contribution < 1.29 is 14.3 Å². The van der Waals surface area contributed by atoms with Crippen LogP contribution in [0, 0.1) is 0 Å². The van der Waals surface area contributed by atoms with Gasteiger partial charge in [-0.15, -0.1) is 10.2 Å². The second-order valence-corrected chi connectivity index (χ2v) is 6.58. The molecule has 0 atom stereocenters. The fourth-order valence-electron chi connectivity index (χ4n) is 3.08.